The zero-order valence-corrected chi connectivity index (χ0v) is 20.1. The number of piperazine rings is 1. The minimum Gasteiger partial charge on any atom is -0.424 e. The van der Waals surface area contributed by atoms with Gasteiger partial charge in [0.15, 0.2) is 5.13 Å². The van der Waals surface area contributed by atoms with Crippen LogP contribution in [0.15, 0.2) is 33.8 Å². The number of hydrogen-bond donors (Lipinski definition) is 1. The van der Waals surface area contributed by atoms with Gasteiger partial charge in [0.05, 0.1) is 9.98 Å². The maximum Gasteiger partial charge on any atom is 0.325 e. The lowest BCUT2D eigenvalue weighted by Crippen LogP contribution is -2.44. The van der Waals surface area contributed by atoms with Gasteiger partial charge in [0.25, 0.3) is 0 Å². The molecule has 0 radical (unpaired) electrons. The first-order chi connectivity index (χ1) is 15.4. The van der Waals surface area contributed by atoms with Gasteiger partial charge in [0.1, 0.15) is 23.2 Å². The maximum absolute atomic E-state index is 14.6. The van der Waals surface area contributed by atoms with Crippen LogP contribution in [0, 0.1) is 5.82 Å². The summed E-state index contributed by atoms with van der Waals surface area (Å²) in [5.74, 6) is 1.44. The second kappa shape index (κ2) is 8.76. The van der Waals surface area contributed by atoms with Crippen LogP contribution in [-0.2, 0) is 6.42 Å². The maximum atomic E-state index is 14.6. The van der Waals surface area contributed by atoms with Crippen molar-refractivity contribution in [3.05, 3.63) is 50.7 Å². The Morgan fingerprint density at radius 3 is 2.72 bits per heavy atom. The van der Waals surface area contributed by atoms with Crippen molar-refractivity contribution in [1.29, 1.82) is 0 Å². The van der Waals surface area contributed by atoms with Gasteiger partial charge in [-0.1, -0.05) is 23.0 Å². The van der Waals surface area contributed by atoms with Gasteiger partial charge in [0, 0.05) is 38.3 Å². The van der Waals surface area contributed by atoms with E-state index in [0.717, 1.165) is 46.9 Å². The summed E-state index contributed by atoms with van der Waals surface area (Å²) in [5.41, 5.74) is 2.68. The molecule has 0 amide bonds. The van der Waals surface area contributed by atoms with Crippen LogP contribution >= 0.6 is 27.3 Å². The molecule has 10 heteroatoms. The Morgan fingerprint density at radius 2 is 1.97 bits per heavy atom. The van der Waals surface area contributed by atoms with E-state index in [-0.39, 0.29) is 11.8 Å². The van der Waals surface area contributed by atoms with Crippen molar-refractivity contribution in [1.82, 2.24) is 19.9 Å². The Morgan fingerprint density at radius 1 is 1.16 bits per heavy atom. The van der Waals surface area contributed by atoms with Crippen LogP contribution in [0.5, 0.6) is 11.8 Å². The summed E-state index contributed by atoms with van der Waals surface area (Å²) < 4.78 is 21.5. The topological polar surface area (TPSA) is 66.4 Å². The highest BCUT2D eigenvalue weighted by atomic mass is 79.9. The highest BCUT2D eigenvalue weighted by molar-refractivity contribution is 9.11. The highest BCUT2D eigenvalue weighted by Crippen LogP contribution is 2.33. The molecule has 0 spiro atoms. The second-order valence-electron chi connectivity index (χ2n) is 8.02. The van der Waals surface area contributed by atoms with Crippen LogP contribution in [0.4, 0.5) is 21.2 Å². The predicted molar refractivity (Wildman–Crippen MR) is 129 cm³/mol. The number of benzene rings is 1. The van der Waals surface area contributed by atoms with Gasteiger partial charge in [0.2, 0.25) is 0 Å². The molecule has 1 fully saturated rings. The molecule has 1 N–H and O–H groups in total. The fourth-order valence-electron chi connectivity index (χ4n) is 3.85. The van der Waals surface area contributed by atoms with Gasteiger partial charge < -0.3 is 19.9 Å². The molecule has 0 atom stereocenters. The first-order valence-corrected chi connectivity index (χ1v) is 11.9. The van der Waals surface area contributed by atoms with Crippen molar-refractivity contribution in [3.63, 3.8) is 0 Å². The molecule has 2 aromatic heterocycles. The number of aromatic nitrogens is 3. The minimum atomic E-state index is -0.271. The first kappa shape index (κ1) is 21.3. The molecule has 1 aromatic carbocycles. The molecule has 3 aromatic rings. The highest BCUT2D eigenvalue weighted by Gasteiger charge is 2.20. The molecule has 1 aliphatic carbocycles. The van der Waals surface area contributed by atoms with Crippen molar-refractivity contribution in [3.8, 4) is 11.8 Å². The van der Waals surface area contributed by atoms with E-state index in [1.54, 1.807) is 6.20 Å². The van der Waals surface area contributed by atoms with Crippen LogP contribution < -0.4 is 15.0 Å². The number of hydrogen-bond acceptors (Lipinski definition) is 8. The zero-order chi connectivity index (χ0) is 22.2. The van der Waals surface area contributed by atoms with Crippen LogP contribution in [-0.4, -0.2) is 53.1 Å². The van der Waals surface area contributed by atoms with Crippen LogP contribution in [0.25, 0.3) is 6.08 Å². The Bertz CT molecular complexity index is 1190. The first-order valence-electron chi connectivity index (χ1n) is 10.3. The molecule has 32 heavy (non-hydrogen) atoms. The Kier molecular flexibility index (Phi) is 5.83. The number of fused-ring (bicyclic) bond motifs is 1. The number of nitrogens with one attached hydrogen (secondary N) is 1. The summed E-state index contributed by atoms with van der Waals surface area (Å²) in [4.78, 5) is 17.9. The summed E-state index contributed by atoms with van der Waals surface area (Å²) in [5, 5.41) is 3.93. The molecule has 1 aliphatic heterocycles. The molecule has 7 nitrogen and oxygen atoms in total. The number of nitrogens with zero attached hydrogens (tertiary/aromatic N) is 5. The number of rotatable bonds is 5. The van der Waals surface area contributed by atoms with Gasteiger partial charge in [-0.15, -0.1) is 0 Å². The summed E-state index contributed by atoms with van der Waals surface area (Å²) in [6.07, 6.45) is 4.35. The van der Waals surface area contributed by atoms with E-state index in [4.69, 9.17) is 4.74 Å². The molecule has 0 saturated carbocycles. The Balaban J connectivity index is 1.46. The quantitative estimate of drug-likeness (QED) is 0.506. The zero-order valence-electron chi connectivity index (χ0n) is 17.7. The van der Waals surface area contributed by atoms with E-state index >= 15 is 0 Å². The van der Waals surface area contributed by atoms with Gasteiger partial charge in [-0.25, -0.2) is 9.37 Å². The number of anilines is 3. The fourth-order valence-corrected chi connectivity index (χ4v) is 4.96. The third-order valence-electron chi connectivity index (χ3n) is 5.50. The number of thiazole rings is 1. The summed E-state index contributed by atoms with van der Waals surface area (Å²) >= 11 is 4.89. The van der Waals surface area contributed by atoms with Crippen molar-refractivity contribution in [2.45, 2.75) is 13.3 Å². The smallest absolute Gasteiger partial charge is 0.325 e. The molecular formula is C22H22BrFN6OS. The van der Waals surface area contributed by atoms with Crippen molar-refractivity contribution < 1.29 is 9.13 Å². The lowest BCUT2D eigenvalue weighted by molar-refractivity contribution is 0.311. The van der Waals surface area contributed by atoms with Gasteiger partial charge in [-0.3, -0.25) is 0 Å². The van der Waals surface area contributed by atoms with Crippen LogP contribution in [0.1, 0.15) is 18.1 Å². The molecule has 3 heterocycles. The minimum absolute atomic E-state index is 0.164. The van der Waals surface area contributed by atoms with E-state index in [9.17, 15) is 4.39 Å². The third kappa shape index (κ3) is 4.62. The summed E-state index contributed by atoms with van der Waals surface area (Å²) in [6.45, 7) is 5.60. The number of allylic oxidation sites excluding steroid dienone is 1. The van der Waals surface area contributed by atoms with Crippen molar-refractivity contribution in [2.75, 3.05) is 43.4 Å². The number of halogens is 2. The van der Waals surface area contributed by atoms with Crippen molar-refractivity contribution >= 4 is 50.1 Å². The monoisotopic (exact) mass is 516 g/mol. The largest absolute Gasteiger partial charge is 0.424 e. The van der Waals surface area contributed by atoms with Crippen molar-refractivity contribution in [2.24, 2.45) is 0 Å². The standard InChI is InChI=1S/C22H22BrFN6OS/c1-13-7-14-9-15(10-17(24)16(14)8-13)31-21-26-19(27-22-25-12-18(23)32-22)11-20(28-21)30-5-3-29(2)4-6-30/h7,9-12H,3-6,8H2,1-2H3,(H,25,26,27,28). The average molecular weight is 517 g/mol. The number of ether oxygens (including phenoxy) is 1. The second-order valence-corrected chi connectivity index (χ2v) is 10.4. The number of likely N-dealkylation sites (N-methyl/N-ethyl adjacent to an activating group) is 1. The lowest BCUT2D eigenvalue weighted by atomic mass is 10.1. The molecule has 1 saturated heterocycles. The summed E-state index contributed by atoms with van der Waals surface area (Å²) in [7, 11) is 2.11. The third-order valence-corrected chi connectivity index (χ3v) is 6.89. The Hall–Kier alpha value is -2.56. The lowest BCUT2D eigenvalue weighted by Gasteiger charge is -2.33. The SMILES string of the molecule is CC1=Cc2cc(Oc3nc(Nc4ncc(Br)s4)cc(N4CCN(C)CC4)n3)cc(F)c2C1. The normalized spacial score (nSPS) is 16.1. The average Bonchev–Trinajstić information content (AvgIpc) is 3.33. The van der Waals surface area contributed by atoms with Gasteiger partial charge in [-0.05, 0) is 53.5 Å². The predicted octanol–water partition coefficient (Wildman–Crippen LogP) is 5.08. The molecule has 166 valence electrons. The van der Waals surface area contributed by atoms with E-state index in [0.29, 0.717) is 28.7 Å². The molecule has 2 aliphatic rings. The van der Waals surface area contributed by atoms with Gasteiger partial charge in [-0.2, -0.15) is 9.97 Å². The van der Waals surface area contributed by atoms with Crippen LogP contribution in [0.3, 0.4) is 0 Å². The molecule has 0 bridgehead atoms. The van der Waals surface area contributed by atoms with Crippen LogP contribution in [0.2, 0.25) is 0 Å². The molecule has 5 rings (SSSR count). The van der Waals surface area contributed by atoms with E-state index in [1.165, 1.54) is 17.4 Å². The summed E-state index contributed by atoms with van der Waals surface area (Å²) in [6, 6.07) is 5.30. The fraction of sp³-hybridized carbons (Fsp3) is 0.318. The molecule has 0 unspecified atom stereocenters. The van der Waals surface area contributed by atoms with E-state index in [1.807, 2.05) is 25.1 Å². The van der Waals surface area contributed by atoms with Gasteiger partial charge >= 0.3 is 6.01 Å². The Labute approximate surface area is 198 Å². The van der Waals surface area contributed by atoms with E-state index in [2.05, 4.69) is 53.0 Å². The van der Waals surface area contributed by atoms with E-state index < -0.39 is 0 Å². The molecular weight excluding hydrogens is 495 g/mol.